The lowest BCUT2D eigenvalue weighted by Crippen LogP contribution is -2.44. The van der Waals surface area contributed by atoms with Crippen LogP contribution >= 0.6 is 11.3 Å². The maximum absolute atomic E-state index is 5.80. The third-order valence-corrected chi connectivity index (χ3v) is 6.46. The van der Waals surface area contributed by atoms with Gasteiger partial charge < -0.3 is 24.8 Å². The average molecular weight is 439 g/mol. The molecule has 2 saturated heterocycles. The summed E-state index contributed by atoms with van der Waals surface area (Å²) in [7, 11) is 0. The molecule has 0 saturated carbocycles. The molecular formula is C22H38N4O3S. The normalized spacial score (nSPS) is 24.1. The average Bonchev–Trinajstić information content (AvgIpc) is 3.45. The van der Waals surface area contributed by atoms with E-state index in [0.29, 0.717) is 12.0 Å². The molecule has 8 heteroatoms. The molecule has 0 aliphatic carbocycles. The zero-order chi connectivity index (χ0) is 21.0. The van der Waals surface area contributed by atoms with Crippen LogP contribution in [0.3, 0.4) is 0 Å². The Kier molecular flexibility index (Phi) is 10.4. The zero-order valence-corrected chi connectivity index (χ0v) is 19.3. The van der Waals surface area contributed by atoms with Gasteiger partial charge in [-0.15, -0.1) is 11.3 Å². The molecule has 2 aliphatic heterocycles. The Morgan fingerprint density at radius 1 is 1.40 bits per heavy atom. The second-order valence-electron chi connectivity index (χ2n) is 8.01. The Bertz CT molecular complexity index is 608. The van der Waals surface area contributed by atoms with Crippen LogP contribution < -0.4 is 10.6 Å². The summed E-state index contributed by atoms with van der Waals surface area (Å²) in [5.74, 6) is 1.46. The number of rotatable bonds is 11. The minimum Gasteiger partial charge on any atom is -0.381 e. The van der Waals surface area contributed by atoms with Gasteiger partial charge in [0.05, 0.1) is 38.5 Å². The van der Waals surface area contributed by atoms with Gasteiger partial charge >= 0.3 is 0 Å². The SMILES string of the molecule is CCNC(=NCC(c1cccs1)N1CCOC(C)C1)NCCCOCC1CCOC1. The molecular weight excluding hydrogens is 400 g/mol. The second kappa shape index (κ2) is 13.3. The first-order chi connectivity index (χ1) is 14.8. The van der Waals surface area contributed by atoms with Gasteiger partial charge in [-0.2, -0.15) is 0 Å². The molecule has 0 radical (unpaired) electrons. The van der Waals surface area contributed by atoms with E-state index >= 15 is 0 Å². The van der Waals surface area contributed by atoms with Crippen molar-refractivity contribution in [2.45, 2.75) is 38.8 Å². The van der Waals surface area contributed by atoms with Gasteiger partial charge in [-0.25, -0.2) is 0 Å². The van der Waals surface area contributed by atoms with E-state index in [9.17, 15) is 0 Å². The molecule has 2 N–H and O–H groups in total. The maximum atomic E-state index is 5.80. The molecule has 0 amide bonds. The Morgan fingerprint density at radius 2 is 2.33 bits per heavy atom. The highest BCUT2D eigenvalue weighted by Crippen LogP contribution is 2.27. The number of morpholine rings is 1. The van der Waals surface area contributed by atoms with Crippen molar-refractivity contribution in [3.8, 4) is 0 Å². The summed E-state index contributed by atoms with van der Waals surface area (Å²) >= 11 is 1.81. The Labute approximate surface area is 185 Å². The third-order valence-electron chi connectivity index (χ3n) is 5.49. The van der Waals surface area contributed by atoms with Gasteiger partial charge in [-0.1, -0.05) is 6.07 Å². The minimum absolute atomic E-state index is 0.271. The van der Waals surface area contributed by atoms with Crippen LogP contribution in [0.2, 0.25) is 0 Å². The molecule has 2 fully saturated rings. The van der Waals surface area contributed by atoms with Crippen LogP contribution in [0.5, 0.6) is 0 Å². The van der Waals surface area contributed by atoms with Crippen LogP contribution in [0.4, 0.5) is 0 Å². The highest BCUT2D eigenvalue weighted by molar-refractivity contribution is 7.10. The lowest BCUT2D eigenvalue weighted by Gasteiger charge is -2.36. The van der Waals surface area contributed by atoms with Crippen LogP contribution in [0.15, 0.2) is 22.5 Å². The second-order valence-corrected chi connectivity index (χ2v) is 8.99. The van der Waals surface area contributed by atoms with Crippen molar-refractivity contribution in [1.82, 2.24) is 15.5 Å². The molecule has 1 aromatic heterocycles. The molecule has 0 spiro atoms. The fourth-order valence-corrected chi connectivity index (χ4v) is 4.71. The van der Waals surface area contributed by atoms with Gasteiger partial charge in [0.1, 0.15) is 0 Å². The molecule has 170 valence electrons. The number of hydrogen-bond donors (Lipinski definition) is 2. The molecule has 3 rings (SSSR count). The lowest BCUT2D eigenvalue weighted by atomic mass is 10.1. The number of hydrogen-bond acceptors (Lipinski definition) is 6. The van der Waals surface area contributed by atoms with E-state index in [1.807, 2.05) is 11.3 Å². The fourth-order valence-electron chi connectivity index (χ4n) is 3.86. The summed E-state index contributed by atoms with van der Waals surface area (Å²) in [5.41, 5.74) is 0. The van der Waals surface area contributed by atoms with Gasteiger partial charge in [-0.05, 0) is 38.1 Å². The van der Waals surface area contributed by atoms with E-state index in [1.165, 1.54) is 4.88 Å². The molecule has 7 nitrogen and oxygen atoms in total. The van der Waals surface area contributed by atoms with Crippen LogP contribution in [-0.2, 0) is 14.2 Å². The van der Waals surface area contributed by atoms with E-state index in [2.05, 4.69) is 46.9 Å². The van der Waals surface area contributed by atoms with Crippen molar-refractivity contribution in [2.75, 3.05) is 65.8 Å². The zero-order valence-electron chi connectivity index (χ0n) is 18.5. The van der Waals surface area contributed by atoms with Gasteiger partial charge in [0.15, 0.2) is 5.96 Å². The number of nitrogens with zero attached hydrogens (tertiary/aromatic N) is 2. The van der Waals surface area contributed by atoms with Gasteiger partial charge in [0.25, 0.3) is 0 Å². The predicted molar refractivity (Wildman–Crippen MR) is 122 cm³/mol. The monoisotopic (exact) mass is 438 g/mol. The van der Waals surface area contributed by atoms with Crippen LogP contribution in [-0.4, -0.2) is 82.7 Å². The summed E-state index contributed by atoms with van der Waals surface area (Å²) in [6, 6.07) is 4.64. The standard InChI is InChI=1S/C22H38N4O3S/c1-3-23-22(24-8-5-10-27-16-19-7-11-28-17-19)25-14-20(21-6-4-13-30-21)26-9-12-29-18(2)15-26/h4,6,13,18-20H,3,5,7-12,14-17H2,1-2H3,(H2,23,24,25). The number of thiophene rings is 1. The first kappa shape index (κ1) is 23.5. The first-order valence-electron chi connectivity index (χ1n) is 11.3. The smallest absolute Gasteiger partial charge is 0.191 e. The van der Waals surface area contributed by atoms with Crippen molar-refractivity contribution < 1.29 is 14.2 Å². The molecule has 3 atom stereocenters. The summed E-state index contributed by atoms with van der Waals surface area (Å²) < 4.78 is 16.9. The van der Waals surface area contributed by atoms with Crippen molar-refractivity contribution in [3.05, 3.63) is 22.4 Å². The molecule has 3 unspecified atom stereocenters. The Morgan fingerprint density at radius 3 is 3.07 bits per heavy atom. The summed E-state index contributed by atoms with van der Waals surface area (Å²) in [6.45, 7) is 12.7. The summed E-state index contributed by atoms with van der Waals surface area (Å²) in [4.78, 5) is 8.79. The highest BCUT2D eigenvalue weighted by Gasteiger charge is 2.26. The maximum Gasteiger partial charge on any atom is 0.191 e. The third kappa shape index (κ3) is 7.81. The van der Waals surface area contributed by atoms with Crippen molar-refractivity contribution in [3.63, 3.8) is 0 Å². The largest absolute Gasteiger partial charge is 0.381 e. The van der Waals surface area contributed by atoms with E-state index in [0.717, 1.165) is 84.6 Å². The molecule has 3 heterocycles. The van der Waals surface area contributed by atoms with Gasteiger partial charge in [0, 0.05) is 50.2 Å². The van der Waals surface area contributed by atoms with Crippen molar-refractivity contribution >= 4 is 17.3 Å². The van der Waals surface area contributed by atoms with Gasteiger partial charge in [-0.3, -0.25) is 9.89 Å². The van der Waals surface area contributed by atoms with E-state index < -0.39 is 0 Å². The molecule has 0 aromatic carbocycles. The minimum atomic E-state index is 0.271. The van der Waals surface area contributed by atoms with Crippen molar-refractivity contribution in [1.29, 1.82) is 0 Å². The van der Waals surface area contributed by atoms with Crippen LogP contribution in [0.1, 0.15) is 37.6 Å². The quantitative estimate of drug-likeness (QED) is 0.314. The van der Waals surface area contributed by atoms with E-state index in [4.69, 9.17) is 19.2 Å². The predicted octanol–water partition coefficient (Wildman–Crippen LogP) is 2.51. The number of ether oxygens (including phenoxy) is 3. The van der Waals surface area contributed by atoms with Gasteiger partial charge in [0.2, 0.25) is 0 Å². The van der Waals surface area contributed by atoms with Crippen molar-refractivity contribution in [2.24, 2.45) is 10.9 Å². The Balaban J connectivity index is 1.45. The Hall–Kier alpha value is -1.19. The number of guanidine groups is 1. The highest BCUT2D eigenvalue weighted by atomic mass is 32.1. The number of nitrogens with one attached hydrogen (secondary N) is 2. The molecule has 0 bridgehead atoms. The van der Waals surface area contributed by atoms with Crippen LogP contribution in [0, 0.1) is 5.92 Å². The molecule has 30 heavy (non-hydrogen) atoms. The molecule has 1 aromatic rings. The summed E-state index contributed by atoms with van der Waals surface area (Å²) in [6.07, 6.45) is 2.36. The number of aliphatic imine (C=N–C) groups is 1. The topological polar surface area (TPSA) is 67.4 Å². The van der Waals surface area contributed by atoms with Crippen LogP contribution in [0.25, 0.3) is 0 Å². The summed E-state index contributed by atoms with van der Waals surface area (Å²) in [5, 5.41) is 8.98. The lowest BCUT2D eigenvalue weighted by molar-refractivity contribution is -0.0327. The van der Waals surface area contributed by atoms with E-state index in [-0.39, 0.29) is 6.10 Å². The fraction of sp³-hybridized carbons (Fsp3) is 0.773. The van der Waals surface area contributed by atoms with E-state index in [1.54, 1.807) is 0 Å². The first-order valence-corrected chi connectivity index (χ1v) is 12.2. The molecule has 2 aliphatic rings.